The van der Waals surface area contributed by atoms with E-state index in [0.29, 0.717) is 12.3 Å². The van der Waals surface area contributed by atoms with Gasteiger partial charge in [-0.25, -0.2) is 0 Å². The van der Waals surface area contributed by atoms with Crippen LogP contribution in [0.3, 0.4) is 0 Å². The van der Waals surface area contributed by atoms with E-state index in [-0.39, 0.29) is 45.9 Å². The van der Waals surface area contributed by atoms with E-state index < -0.39 is 16.8 Å². The lowest BCUT2D eigenvalue weighted by Gasteiger charge is -2.70. The molecule has 5 rings (SSSR count). The van der Waals surface area contributed by atoms with Crippen molar-refractivity contribution in [3.63, 3.8) is 0 Å². The minimum atomic E-state index is -0.627. The largest absolute Gasteiger partial charge is 0.481 e. The number of carboxylic acid groups (broad SMARTS) is 1. The molecule has 0 aromatic carbocycles. The monoisotopic (exact) mass is 470 g/mol. The number of fused-ring (bicyclic) bond motifs is 7. The first-order valence-corrected chi connectivity index (χ1v) is 13.8. The van der Waals surface area contributed by atoms with Crippen LogP contribution >= 0.6 is 0 Å². The number of carboxylic acids is 1. The third kappa shape index (κ3) is 2.81. The molecule has 0 unspecified atom stereocenters. The molecular weight excluding hydrogens is 424 g/mol. The van der Waals surface area contributed by atoms with E-state index in [9.17, 15) is 19.8 Å². The molecule has 0 aromatic rings. The first-order chi connectivity index (χ1) is 15.7. The molecule has 4 nitrogen and oxygen atoms in total. The zero-order valence-corrected chi connectivity index (χ0v) is 22.3. The smallest absolute Gasteiger partial charge is 0.310 e. The van der Waals surface area contributed by atoms with E-state index in [0.717, 1.165) is 57.8 Å². The number of aliphatic hydroxyl groups excluding tert-OH is 1. The average molecular weight is 471 g/mol. The van der Waals surface area contributed by atoms with Crippen molar-refractivity contribution in [2.75, 3.05) is 6.61 Å². The van der Waals surface area contributed by atoms with Gasteiger partial charge in [-0.2, -0.15) is 0 Å². The highest BCUT2D eigenvalue weighted by atomic mass is 16.4. The van der Waals surface area contributed by atoms with Crippen molar-refractivity contribution in [3.05, 3.63) is 11.6 Å². The van der Waals surface area contributed by atoms with Gasteiger partial charge >= 0.3 is 5.97 Å². The fourth-order valence-corrected chi connectivity index (χ4v) is 10.4. The maximum atomic E-state index is 13.0. The Labute approximate surface area is 206 Å². The molecule has 4 fully saturated rings. The molecule has 2 N–H and O–H groups in total. The highest BCUT2D eigenvalue weighted by Gasteiger charge is 2.69. The Morgan fingerprint density at radius 3 is 2.29 bits per heavy atom. The quantitative estimate of drug-likeness (QED) is 0.457. The SMILES string of the molecule is CC1(C)CC[C@]2(C(=O)O)CC[C@]3(C)C(=CC[C@H]4[C@@]5(C)CCC(=O)[C@@](C)(CO)[C@@H]5CC[C@]43C)[C@@H]2C1. The van der Waals surface area contributed by atoms with Gasteiger partial charge in [0, 0.05) is 6.42 Å². The van der Waals surface area contributed by atoms with E-state index in [1.54, 1.807) is 0 Å². The van der Waals surface area contributed by atoms with Crippen LogP contribution in [-0.4, -0.2) is 28.6 Å². The van der Waals surface area contributed by atoms with Crippen LogP contribution in [0.25, 0.3) is 0 Å². The number of rotatable bonds is 2. The van der Waals surface area contributed by atoms with E-state index >= 15 is 0 Å². The van der Waals surface area contributed by atoms with E-state index in [1.807, 2.05) is 6.92 Å². The van der Waals surface area contributed by atoms with Crippen molar-refractivity contribution < 1.29 is 19.8 Å². The number of aliphatic carboxylic acids is 1. The van der Waals surface area contributed by atoms with Crippen LogP contribution in [0.5, 0.6) is 0 Å². The number of Topliss-reactive ketones (excluding diaryl/α,β-unsaturated/α-hetero) is 1. The Morgan fingerprint density at radius 1 is 0.971 bits per heavy atom. The summed E-state index contributed by atoms with van der Waals surface area (Å²) in [6, 6.07) is 0. The lowest BCUT2D eigenvalue weighted by atomic mass is 9.33. The summed E-state index contributed by atoms with van der Waals surface area (Å²) in [6.07, 6.45) is 11.5. The Morgan fingerprint density at radius 2 is 1.65 bits per heavy atom. The van der Waals surface area contributed by atoms with Crippen molar-refractivity contribution >= 4 is 11.8 Å². The number of carbonyl (C=O) groups excluding carboxylic acids is 1. The molecule has 0 amide bonds. The second-order valence-corrected chi connectivity index (χ2v) is 14.7. The van der Waals surface area contributed by atoms with Crippen molar-refractivity contribution in [1.82, 2.24) is 0 Å². The zero-order chi connectivity index (χ0) is 24.9. The molecule has 0 heterocycles. The van der Waals surface area contributed by atoms with Crippen molar-refractivity contribution in [1.29, 1.82) is 0 Å². The fraction of sp³-hybridized carbons (Fsp3) is 0.867. The minimum absolute atomic E-state index is 0.00198. The van der Waals surface area contributed by atoms with Gasteiger partial charge < -0.3 is 10.2 Å². The van der Waals surface area contributed by atoms with E-state index in [2.05, 4.69) is 40.7 Å². The molecule has 4 saturated carbocycles. The average Bonchev–Trinajstić information content (AvgIpc) is 2.76. The molecule has 34 heavy (non-hydrogen) atoms. The number of hydrogen-bond acceptors (Lipinski definition) is 3. The topological polar surface area (TPSA) is 74.6 Å². The van der Waals surface area contributed by atoms with E-state index in [4.69, 9.17) is 0 Å². The summed E-state index contributed by atoms with van der Waals surface area (Å²) in [5.41, 5.74) is 0.512. The van der Waals surface area contributed by atoms with Crippen LogP contribution in [0.4, 0.5) is 0 Å². The molecule has 4 heteroatoms. The normalized spacial score (nSPS) is 51.9. The molecular formula is C30H46O4. The van der Waals surface area contributed by atoms with Gasteiger partial charge in [0.15, 0.2) is 0 Å². The zero-order valence-electron chi connectivity index (χ0n) is 22.3. The van der Waals surface area contributed by atoms with Gasteiger partial charge in [0.25, 0.3) is 0 Å². The Balaban J connectivity index is 1.60. The van der Waals surface area contributed by atoms with Crippen LogP contribution < -0.4 is 0 Å². The van der Waals surface area contributed by atoms with Crippen LogP contribution in [0.2, 0.25) is 0 Å². The van der Waals surface area contributed by atoms with Crippen molar-refractivity contribution in [2.45, 2.75) is 106 Å². The molecule has 0 aliphatic heterocycles. The second-order valence-electron chi connectivity index (χ2n) is 14.7. The molecule has 5 aliphatic rings. The Hall–Kier alpha value is -1.16. The number of allylic oxidation sites excluding steroid dienone is 2. The Bertz CT molecular complexity index is 949. The summed E-state index contributed by atoms with van der Waals surface area (Å²) >= 11 is 0. The van der Waals surface area contributed by atoms with Crippen LogP contribution in [0.15, 0.2) is 11.6 Å². The predicted molar refractivity (Wildman–Crippen MR) is 133 cm³/mol. The van der Waals surface area contributed by atoms with Gasteiger partial charge in [0.2, 0.25) is 0 Å². The minimum Gasteiger partial charge on any atom is -0.481 e. The highest BCUT2D eigenvalue weighted by Crippen LogP contribution is 2.75. The van der Waals surface area contributed by atoms with Gasteiger partial charge in [0.05, 0.1) is 17.4 Å². The molecule has 5 aliphatic carbocycles. The number of hydrogen-bond donors (Lipinski definition) is 2. The maximum Gasteiger partial charge on any atom is 0.310 e. The molecule has 8 atom stereocenters. The molecule has 190 valence electrons. The number of ketones is 1. The highest BCUT2D eigenvalue weighted by molar-refractivity contribution is 5.86. The first-order valence-electron chi connectivity index (χ1n) is 13.8. The van der Waals surface area contributed by atoms with Gasteiger partial charge in [-0.1, -0.05) is 53.2 Å². The molecule has 0 spiro atoms. The third-order valence-corrected chi connectivity index (χ3v) is 13.0. The second kappa shape index (κ2) is 7.20. The fourth-order valence-electron chi connectivity index (χ4n) is 10.4. The summed E-state index contributed by atoms with van der Waals surface area (Å²) in [4.78, 5) is 25.7. The number of carbonyl (C=O) groups is 2. The van der Waals surface area contributed by atoms with Gasteiger partial charge in [0.1, 0.15) is 5.78 Å². The standard InChI is InChI=1S/C30H46O4/c1-25(2)13-15-30(24(33)34)16-14-28(5)19(20(30)17-25)7-8-22-26(3)11-10-23(32)27(4,18-31)21(26)9-12-29(22,28)6/h7,20-22,31H,8-18H2,1-6H3,(H,33,34)/t20-,21+,22-,26-,27-,28+,29+,30-/m0/s1. The van der Waals surface area contributed by atoms with Gasteiger partial charge in [-0.3, -0.25) is 9.59 Å². The van der Waals surface area contributed by atoms with Crippen molar-refractivity contribution in [2.24, 2.45) is 50.2 Å². The maximum absolute atomic E-state index is 13.0. The number of aliphatic hydroxyl groups is 1. The third-order valence-electron chi connectivity index (χ3n) is 13.0. The van der Waals surface area contributed by atoms with Crippen LogP contribution in [0, 0.1) is 50.2 Å². The lowest BCUT2D eigenvalue weighted by molar-refractivity contribution is -0.194. The van der Waals surface area contributed by atoms with E-state index in [1.165, 1.54) is 5.57 Å². The summed E-state index contributed by atoms with van der Waals surface area (Å²) in [5, 5.41) is 20.8. The first kappa shape index (κ1) is 24.5. The summed E-state index contributed by atoms with van der Waals surface area (Å²) < 4.78 is 0. The summed E-state index contributed by atoms with van der Waals surface area (Å²) in [5.74, 6) is 0.473. The molecule has 0 aromatic heterocycles. The van der Waals surface area contributed by atoms with Crippen LogP contribution in [0.1, 0.15) is 106 Å². The summed E-state index contributed by atoms with van der Waals surface area (Å²) in [7, 11) is 0. The lowest BCUT2D eigenvalue weighted by Crippen LogP contribution is -2.65. The molecule has 0 bridgehead atoms. The van der Waals surface area contributed by atoms with Gasteiger partial charge in [-0.05, 0) is 97.2 Å². The van der Waals surface area contributed by atoms with Crippen LogP contribution in [-0.2, 0) is 9.59 Å². The molecule has 0 radical (unpaired) electrons. The summed E-state index contributed by atoms with van der Waals surface area (Å²) in [6.45, 7) is 14.0. The molecule has 0 saturated heterocycles. The van der Waals surface area contributed by atoms with Crippen molar-refractivity contribution in [3.8, 4) is 0 Å². The predicted octanol–water partition coefficient (Wildman–Crippen LogP) is 6.41. The Kier molecular flexibility index (Phi) is 5.20. The van der Waals surface area contributed by atoms with Gasteiger partial charge in [-0.15, -0.1) is 0 Å².